The molecule has 3 aliphatic heterocycles. The fourth-order valence-corrected chi connectivity index (χ4v) is 6.03. The van der Waals surface area contributed by atoms with E-state index in [0.717, 1.165) is 19.7 Å². The third-order valence-electron chi connectivity index (χ3n) is 5.56. The number of rotatable bonds is 5. The summed E-state index contributed by atoms with van der Waals surface area (Å²) in [5.74, 6) is 1.56. The lowest BCUT2D eigenvalue weighted by Gasteiger charge is -2.49. The maximum absolute atomic E-state index is 12.7. The van der Waals surface area contributed by atoms with E-state index in [0.29, 0.717) is 12.0 Å². The maximum atomic E-state index is 12.7. The first-order valence-electron chi connectivity index (χ1n) is 9.10. The Morgan fingerprint density at radius 1 is 1.19 bits per heavy atom. The summed E-state index contributed by atoms with van der Waals surface area (Å²) in [7, 11) is 1.67. The van der Waals surface area contributed by atoms with Gasteiger partial charge in [0.2, 0.25) is 0 Å². The van der Waals surface area contributed by atoms with E-state index >= 15 is 0 Å². The van der Waals surface area contributed by atoms with Crippen LogP contribution in [0.5, 0.6) is 5.75 Å². The molecule has 4 heterocycles. The number of methoxy groups -OCH3 is 1. The highest BCUT2D eigenvalue weighted by Crippen LogP contribution is 2.35. The molecule has 0 saturated carbocycles. The molecular formula is C20H24N2O2S2. The zero-order chi connectivity index (χ0) is 18.1. The second-order valence-electron chi connectivity index (χ2n) is 7.01. The third kappa shape index (κ3) is 3.63. The summed E-state index contributed by atoms with van der Waals surface area (Å²) < 4.78 is 6.32. The van der Waals surface area contributed by atoms with E-state index < -0.39 is 0 Å². The maximum Gasteiger partial charge on any atom is 0.261 e. The summed E-state index contributed by atoms with van der Waals surface area (Å²) in [6, 6.07) is 12.7. The summed E-state index contributed by atoms with van der Waals surface area (Å²) in [5.41, 5.74) is 0. The number of fused-ring (bicyclic) bond motifs is 3. The van der Waals surface area contributed by atoms with Crippen LogP contribution in [0.3, 0.4) is 0 Å². The summed E-state index contributed by atoms with van der Waals surface area (Å²) in [5, 5.41) is 3.31. The van der Waals surface area contributed by atoms with Crippen LogP contribution in [0.2, 0.25) is 0 Å². The quantitative estimate of drug-likeness (QED) is 0.837. The van der Waals surface area contributed by atoms with Gasteiger partial charge in [-0.2, -0.15) is 0 Å². The number of nitrogens with one attached hydrogen (secondary N) is 1. The number of ether oxygens (including phenoxy) is 1. The number of hydrogen-bond donors (Lipinski definition) is 1. The van der Waals surface area contributed by atoms with Crippen LogP contribution in [0.25, 0.3) is 0 Å². The molecule has 5 rings (SSSR count). The molecule has 26 heavy (non-hydrogen) atoms. The molecule has 2 atom stereocenters. The van der Waals surface area contributed by atoms with Crippen LogP contribution in [0.1, 0.15) is 29.4 Å². The van der Waals surface area contributed by atoms with Gasteiger partial charge in [0.05, 0.1) is 16.2 Å². The van der Waals surface area contributed by atoms with E-state index in [2.05, 4.69) is 17.1 Å². The Balaban J connectivity index is 1.40. The van der Waals surface area contributed by atoms with Crippen LogP contribution in [0.4, 0.5) is 0 Å². The van der Waals surface area contributed by atoms with E-state index in [1.54, 1.807) is 30.2 Å². The fraction of sp³-hybridized carbons (Fsp3) is 0.450. The molecule has 138 valence electrons. The first kappa shape index (κ1) is 17.9. The number of carbonyl (C=O) groups excluding carboxylic acids is 1. The van der Waals surface area contributed by atoms with Gasteiger partial charge in [0, 0.05) is 17.0 Å². The summed E-state index contributed by atoms with van der Waals surface area (Å²) in [4.78, 5) is 17.2. The molecule has 2 aromatic rings. The van der Waals surface area contributed by atoms with Gasteiger partial charge in [-0.25, -0.2) is 0 Å². The van der Waals surface area contributed by atoms with E-state index in [9.17, 15) is 4.79 Å². The Hall–Kier alpha value is -1.50. The molecule has 0 aliphatic carbocycles. The van der Waals surface area contributed by atoms with Gasteiger partial charge < -0.3 is 10.1 Å². The number of thiophene rings is 1. The van der Waals surface area contributed by atoms with E-state index in [1.807, 2.05) is 36.4 Å². The van der Waals surface area contributed by atoms with Crippen molar-refractivity contribution < 1.29 is 9.53 Å². The van der Waals surface area contributed by atoms with Crippen LogP contribution in [-0.4, -0.2) is 43.1 Å². The van der Waals surface area contributed by atoms with E-state index in [-0.39, 0.29) is 11.9 Å². The molecule has 3 fully saturated rings. The molecule has 1 aromatic carbocycles. The van der Waals surface area contributed by atoms with Crippen LogP contribution < -0.4 is 10.1 Å². The smallest absolute Gasteiger partial charge is 0.261 e. The molecule has 1 amide bonds. The van der Waals surface area contributed by atoms with Crippen molar-refractivity contribution in [2.24, 2.45) is 5.92 Å². The normalized spacial score (nSPS) is 27.3. The van der Waals surface area contributed by atoms with Gasteiger partial charge in [-0.3, -0.25) is 9.69 Å². The van der Waals surface area contributed by atoms with Crippen molar-refractivity contribution in [3.05, 3.63) is 41.3 Å². The molecule has 6 heteroatoms. The molecule has 0 radical (unpaired) electrons. The van der Waals surface area contributed by atoms with Crippen molar-refractivity contribution in [3.8, 4) is 5.75 Å². The minimum absolute atomic E-state index is 0.0715. The zero-order valence-electron chi connectivity index (χ0n) is 15.1. The molecule has 3 saturated heterocycles. The van der Waals surface area contributed by atoms with Gasteiger partial charge in [-0.1, -0.05) is 11.8 Å². The summed E-state index contributed by atoms with van der Waals surface area (Å²) >= 11 is 3.24. The number of nitrogens with zero attached hydrogens (tertiary/aromatic N) is 1. The van der Waals surface area contributed by atoms with Gasteiger partial charge in [-0.05, 0) is 75.2 Å². The van der Waals surface area contributed by atoms with Crippen molar-refractivity contribution in [1.82, 2.24) is 10.2 Å². The van der Waals surface area contributed by atoms with Gasteiger partial charge in [0.15, 0.2) is 0 Å². The lowest BCUT2D eigenvalue weighted by Crippen LogP contribution is -2.62. The van der Waals surface area contributed by atoms with E-state index in [1.165, 1.54) is 25.9 Å². The first-order chi connectivity index (χ1) is 12.6. The number of carbonyl (C=O) groups is 1. The van der Waals surface area contributed by atoms with Gasteiger partial charge >= 0.3 is 0 Å². The Labute approximate surface area is 162 Å². The number of amides is 1. The van der Waals surface area contributed by atoms with Gasteiger partial charge in [0.25, 0.3) is 5.91 Å². The highest BCUT2D eigenvalue weighted by molar-refractivity contribution is 8.01. The molecule has 1 N–H and O–H groups in total. The minimum atomic E-state index is 0.0715. The zero-order valence-corrected chi connectivity index (χ0v) is 16.7. The molecule has 1 aromatic heterocycles. The second-order valence-corrected chi connectivity index (χ2v) is 9.47. The minimum Gasteiger partial charge on any atom is -0.497 e. The molecular weight excluding hydrogens is 364 g/mol. The number of benzene rings is 1. The van der Waals surface area contributed by atoms with Crippen molar-refractivity contribution >= 4 is 29.0 Å². The lowest BCUT2D eigenvalue weighted by molar-refractivity contribution is 0.0218. The average Bonchev–Trinajstić information content (AvgIpc) is 3.14. The third-order valence-corrected chi connectivity index (χ3v) is 7.78. The largest absolute Gasteiger partial charge is 0.497 e. The predicted molar refractivity (Wildman–Crippen MR) is 106 cm³/mol. The number of hydrogen-bond acceptors (Lipinski definition) is 5. The standard InChI is InChI=1S/C20H24N2O2S2/c1-13-19(14-9-11-22(13)12-10-14)21-20(23)17-7-8-18(26-17)25-16-5-3-15(24-2)4-6-16/h3-8,13-14,19H,9-12H2,1-2H3,(H,21,23)/t13-,19-/m0/s1. The Bertz CT molecular complexity index is 764. The van der Waals surface area contributed by atoms with Crippen molar-refractivity contribution in [1.29, 1.82) is 0 Å². The lowest BCUT2D eigenvalue weighted by atomic mass is 9.79. The van der Waals surface area contributed by atoms with Crippen LogP contribution in [0.15, 0.2) is 45.5 Å². The van der Waals surface area contributed by atoms with Crippen LogP contribution in [-0.2, 0) is 0 Å². The first-order valence-corrected chi connectivity index (χ1v) is 10.7. The van der Waals surface area contributed by atoms with Gasteiger partial charge in [0.1, 0.15) is 5.75 Å². The SMILES string of the molecule is COc1ccc(Sc2ccc(C(=O)N[C@@H]3C4CCN(CC4)[C@H]3C)s2)cc1. The highest BCUT2D eigenvalue weighted by Gasteiger charge is 2.40. The molecule has 0 unspecified atom stereocenters. The van der Waals surface area contributed by atoms with E-state index in [4.69, 9.17) is 4.74 Å². The van der Waals surface area contributed by atoms with Crippen molar-refractivity contribution in [2.45, 2.75) is 41.0 Å². The Morgan fingerprint density at radius 3 is 2.58 bits per heavy atom. The predicted octanol–water partition coefficient (Wildman–Crippen LogP) is 4.12. The second kappa shape index (κ2) is 7.62. The molecule has 2 bridgehead atoms. The molecule has 3 aliphatic rings. The van der Waals surface area contributed by atoms with Crippen molar-refractivity contribution in [3.63, 3.8) is 0 Å². The fourth-order valence-electron chi connectivity index (χ4n) is 4.02. The number of piperidine rings is 3. The summed E-state index contributed by atoms with van der Waals surface area (Å²) in [6.07, 6.45) is 2.41. The molecule has 4 nitrogen and oxygen atoms in total. The monoisotopic (exact) mass is 388 g/mol. The Morgan fingerprint density at radius 2 is 1.92 bits per heavy atom. The van der Waals surface area contributed by atoms with Crippen LogP contribution in [0, 0.1) is 5.92 Å². The average molecular weight is 389 g/mol. The molecule has 0 spiro atoms. The topological polar surface area (TPSA) is 41.6 Å². The van der Waals surface area contributed by atoms with Crippen molar-refractivity contribution in [2.75, 3.05) is 20.2 Å². The highest BCUT2D eigenvalue weighted by atomic mass is 32.2. The van der Waals surface area contributed by atoms with Crippen LogP contribution >= 0.6 is 23.1 Å². The Kier molecular flexibility index (Phi) is 5.25. The van der Waals surface area contributed by atoms with Gasteiger partial charge in [-0.15, -0.1) is 11.3 Å². The summed E-state index contributed by atoms with van der Waals surface area (Å²) in [6.45, 7) is 4.61.